The van der Waals surface area contributed by atoms with Crippen molar-refractivity contribution in [1.82, 2.24) is 0 Å². The lowest BCUT2D eigenvalue weighted by atomic mass is 9.70. The highest BCUT2D eigenvalue weighted by Gasteiger charge is 2.29. The van der Waals surface area contributed by atoms with Gasteiger partial charge in [0.2, 0.25) is 0 Å². The van der Waals surface area contributed by atoms with E-state index in [9.17, 15) is 8.78 Å². The van der Waals surface area contributed by atoms with Gasteiger partial charge in [-0.2, -0.15) is 0 Å². The van der Waals surface area contributed by atoms with Crippen LogP contribution in [0.25, 0.3) is 5.57 Å². The van der Waals surface area contributed by atoms with Gasteiger partial charge in [0, 0.05) is 5.56 Å². The first-order valence-electron chi connectivity index (χ1n) is 11.8. The van der Waals surface area contributed by atoms with Crippen molar-refractivity contribution < 1.29 is 8.78 Å². The SMILES string of the molecule is CCC1CCC(C2CC=C(c3ccc(CC4CCCC4)c(F)c3F)CC2)CC1. The van der Waals surface area contributed by atoms with Gasteiger partial charge in [0.05, 0.1) is 0 Å². The minimum Gasteiger partial charge on any atom is -0.203 e. The molecule has 0 saturated heterocycles. The smallest absolute Gasteiger partial charge is 0.166 e. The van der Waals surface area contributed by atoms with Crippen LogP contribution in [0.1, 0.15) is 95.1 Å². The molecule has 4 rings (SSSR count). The van der Waals surface area contributed by atoms with E-state index in [-0.39, 0.29) is 0 Å². The summed E-state index contributed by atoms with van der Waals surface area (Å²) < 4.78 is 29.5. The molecule has 2 fully saturated rings. The minimum atomic E-state index is -0.608. The summed E-state index contributed by atoms with van der Waals surface area (Å²) in [5.74, 6) is 1.86. The Morgan fingerprint density at radius 3 is 2.21 bits per heavy atom. The van der Waals surface area contributed by atoms with E-state index in [1.54, 1.807) is 0 Å². The molecule has 0 heterocycles. The molecule has 3 aliphatic carbocycles. The number of benzene rings is 1. The molecule has 3 aliphatic rings. The molecule has 0 spiro atoms. The molecule has 28 heavy (non-hydrogen) atoms. The van der Waals surface area contributed by atoms with Crippen LogP contribution < -0.4 is 0 Å². The second-order valence-corrected chi connectivity index (χ2v) is 9.71. The zero-order valence-electron chi connectivity index (χ0n) is 17.5. The van der Waals surface area contributed by atoms with E-state index in [0.717, 1.165) is 55.4 Å². The van der Waals surface area contributed by atoms with Gasteiger partial charge in [0.1, 0.15) is 0 Å². The molecule has 0 nitrogen and oxygen atoms in total. The van der Waals surface area contributed by atoms with Crippen molar-refractivity contribution in [2.24, 2.45) is 23.7 Å². The van der Waals surface area contributed by atoms with E-state index in [0.29, 0.717) is 23.5 Å². The number of hydrogen-bond donors (Lipinski definition) is 0. The maximum atomic E-state index is 14.8. The zero-order valence-corrected chi connectivity index (χ0v) is 17.5. The van der Waals surface area contributed by atoms with Gasteiger partial charge < -0.3 is 0 Å². The molecule has 0 N–H and O–H groups in total. The topological polar surface area (TPSA) is 0 Å². The first kappa shape index (κ1) is 20.1. The third-order valence-corrected chi connectivity index (χ3v) is 8.08. The highest BCUT2D eigenvalue weighted by atomic mass is 19.2. The first-order chi connectivity index (χ1) is 13.7. The summed E-state index contributed by atoms with van der Waals surface area (Å²) in [5, 5.41) is 0. The first-order valence-corrected chi connectivity index (χ1v) is 11.8. The maximum absolute atomic E-state index is 14.8. The lowest BCUT2D eigenvalue weighted by molar-refractivity contribution is 0.192. The minimum absolute atomic E-state index is 0.515. The van der Waals surface area contributed by atoms with Gasteiger partial charge in [-0.3, -0.25) is 0 Å². The van der Waals surface area contributed by atoms with Crippen molar-refractivity contribution >= 4 is 5.57 Å². The predicted molar refractivity (Wildman–Crippen MR) is 113 cm³/mol. The number of allylic oxidation sites excluding steroid dienone is 2. The van der Waals surface area contributed by atoms with Crippen molar-refractivity contribution in [3.63, 3.8) is 0 Å². The summed E-state index contributed by atoms with van der Waals surface area (Å²) in [7, 11) is 0. The number of halogens is 2. The summed E-state index contributed by atoms with van der Waals surface area (Å²) >= 11 is 0. The molecule has 0 radical (unpaired) electrons. The van der Waals surface area contributed by atoms with Crippen LogP contribution in [0.4, 0.5) is 8.78 Å². The third kappa shape index (κ3) is 4.36. The van der Waals surface area contributed by atoms with Crippen molar-refractivity contribution in [3.8, 4) is 0 Å². The van der Waals surface area contributed by atoms with Crippen LogP contribution >= 0.6 is 0 Å². The van der Waals surface area contributed by atoms with Crippen LogP contribution in [0, 0.1) is 35.3 Å². The van der Waals surface area contributed by atoms with E-state index in [1.165, 1.54) is 44.9 Å². The van der Waals surface area contributed by atoms with Crippen LogP contribution in [-0.2, 0) is 6.42 Å². The van der Waals surface area contributed by atoms with Gasteiger partial charge in [-0.1, -0.05) is 70.1 Å². The van der Waals surface area contributed by atoms with Crippen LogP contribution in [0.2, 0.25) is 0 Å². The Bertz CT molecular complexity index is 691. The van der Waals surface area contributed by atoms with Gasteiger partial charge in [-0.25, -0.2) is 8.78 Å². The molecular weight excluding hydrogens is 350 g/mol. The summed E-state index contributed by atoms with van der Waals surface area (Å²) in [6.45, 7) is 2.31. The fourth-order valence-electron chi connectivity index (χ4n) is 6.12. The van der Waals surface area contributed by atoms with Crippen LogP contribution in [0.15, 0.2) is 18.2 Å². The lowest BCUT2D eigenvalue weighted by Gasteiger charge is -2.35. The average Bonchev–Trinajstić information content (AvgIpc) is 3.25. The molecule has 2 saturated carbocycles. The lowest BCUT2D eigenvalue weighted by Crippen LogP contribution is -2.23. The molecular formula is C26H36F2. The third-order valence-electron chi connectivity index (χ3n) is 8.08. The fourth-order valence-corrected chi connectivity index (χ4v) is 6.12. The average molecular weight is 387 g/mol. The Morgan fingerprint density at radius 1 is 0.821 bits per heavy atom. The molecule has 1 aromatic carbocycles. The molecule has 1 atom stereocenters. The van der Waals surface area contributed by atoms with E-state index in [1.807, 2.05) is 12.1 Å². The second-order valence-electron chi connectivity index (χ2n) is 9.71. The molecule has 0 aromatic heterocycles. The van der Waals surface area contributed by atoms with Crippen LogP contribution in [-0.4, -0.2) is 0 Å². The van der Waals surface area contributed by atoms with E-state index in [4.69, 9.17) is 0 Å². The van der Waals surface area contributed by atoms with Gasteiger partial charge in [-0.15, -0.1) is 0 Å². The summed E-state index contributed by atoms with van der Waals surface area (Å²) in [6, 6.07) is 3.70. The Labute approximate surface area is 169 Å². The Balaban J connectivity index is 1.40. The predicted octanol–water partition coefficient (Wildman–Crippen LogP) is 8.10. The van der Waals surface area contributed by atoms with Gasteiger partial charge >= 0.3 is 0 Å². The molecule has 1 aromatic rings. The monoisotopic (exact) mass is 386 g/mol. The number of hydrogen-bond acceptors (Lipinski definition) is 0. The maximum Gasteiger partial charge on any atom is 0.166 e. The summed E-state index contributed by atoms with van der Waals surface area (Å²) in [6.07, 6.45) is 17.6. The molecule has 154 valence electrons. The highest BCUT2D eigenvalue weighted by Crippen LogP contribution is 2.42. The fraction of sp³-hybridized carbons (Fsp3) is 0.692. The quantitative estimate of drug-likeness (QED) is 0.479. The van der Waals surface area contributed by atoms with Crippen molar-refractivity contribution in [2.75, 3.05) is 0 Å². The van der Waals surface area contributed by atoms with E-state index in [2.05, 4.69) is 13.0 Å². The molecule has 0 bridgehead atoms. The Kier molecular flexibility index (Phi) is 6.53. The van der Waals surface area contributed by atoms with Gasteiger partial charge in [0.25, 0.3) is 0 Å². The molecule has 0 amide bonds. The summed E-state index contributed by atoms with van der Waals surface area (Å²) in [5.41, 5.74) is 2.12. The molecule has 0 aliphatic heterocycles. The van der Waals surface area contributed by atoms with E-state index < -0.39 is 11.6 Å². The largest absolute Gasteiger partial charge is 0.203 e. The normalized spacial score (nSPS) is 29.1. The summed E-state index contributed by atoms with van der Waals surface area (Å²) in [4.78, 5) is 0. The Morgan fingerprint density at radius 2 is 1.57 bits per heavy atom. The van der Waals surface area contributed by atoms with Crippen LogP contribution in [0.3, 0.4) is 0 Å². The molecule has 2 heteroatoms. The Hall–Kier alpha value is -1.18. The van der Waals surface area contributed by atoms with Crippen LogP contribution in [0.5, 0.6) is 0 Å². The van der Waals surface area contributed by atoms with E-state index >= 15 is 0 Å². The van der Waals surface area contributed by atoms with Gasteiger partial charge in [-0.05, 0) is 73.3 Å². The highest BCUT2D eigenvalue weighted by molar-refractivity contribution is 5.67. The van der Waals surface area contributed by atoms with Crippen molar-refractivity contribution in [1.29, 1.82) is 0 Å². The zero-order chi connectivity index (χ0) is 19.5. The standard InChI is InChI=1S/C26H36F2/c1-2-18-7-9-20(10-8-18)21-11-13-22(14-12-21)24-16-15-23(25(27)26(24)28)17-19-5-3-4-6-19/h13,15-16,18-21H,2-12,14,17H2,1H3. The van der Waals surface area contributed by atoms with Crippen molar-refractivity contribution in [3.05, 3.63) is 41.0 Å². The van der Waals surface area contributed by atoms with Gasteiger partial charge in [0.15, 0.2) is 11.6 Å². The number of rotatable bonds is 5. The molecule has 1 unspecified atom stereocenters. The second kappa shape index (κ2) is 9.09. The van der Waals surface area contributed by atoms with Crippen molar-refractivity contribution in [2.45, 2.75) is 90.4 Å².